The van der Waals surface area contributed by atoms with Crippen molar-refractivity contribution in [2.75, 3.05) is 11.9 Å². The van der Waals surface area contributed by atoms with Crippen molar-refractivity contribution in [2.45, 2.75) is 0 Å². The van der Waals surface area contributed by atoms with Crippen molar-refractivity contribution in [3.8, 4) is 0 Å². The Bertz CT molecular complexity index is 906. The number of esters is 1. The SMILES string of the molecule is O=C(COC(=O)c1ncc(Cl)c(Cl)c1Cl)Nc1ccc(Cl)c([N+](=O)[O-])c1. The van der Waals surface area contributed by atoms with E-state index >= 15 is 0 Å². The largest absolute Gasteiger partial charge is 0.451 e. The van der Waals surface area contributed by atoms with Gasteiger partial charge >= 0.3 is 5.97 Å². The summed E-state index contributed by atoms with van der Waals surface area (Å²) >= 11 is 23.0. The number of benzene rings is 1. The molecule has 0 fully saturated rings. The zero-order valence-corrected chi connectivity index (χ0v) is 15.5. The maximum atomic E-state index is 11.9. The number of nitro groups is 1. The third kappa shape index (κ3) is 4.73. The normalized spacial score (nSPS) is 10.3. The lowest BCUT2D eigenvalue weighted by Gasteiger charge is -2.08. The Labute approximate surface area is 166 Å². The first kappa shape index (κ1) is 20.2. The second-order valence-corrected chi connectivity index (χ2v) is 6.20. The van der Waals surface area contributed by atoms with E-state index in [0.29, 0.717) is 0 Å². The number of nitro benzene ring substituents is 1. The standard InChI is InChI=1S/C14H7Cl4N3O5/c15-7-2-1-6(3-9(7)21(24)25)20-10(22)5-26-14(23)13-12(18)11(17)8(16)4-19-13/h1-4H,5H2,(H,20,22). The number of aromatic nitrogens is 1. The number of anilines is 1. The summed E-state index contributed by atoms with van der Waals surface area (Å²) < 4.78 is 4.78. The zero-order chi connectivity index (χ0) is 19.4. The quantitative estimate of drug-likeness (QED) is 0.420. The van der Waals surface area contributed by atoms with Crippen molar-refractivity contribution < 1.29 is 19.2 Å². The van der Waals surface area contributed by atoms with E-state index in [1.807, 2.05) is 0 Å². The summed E-state index contributed by atoms with van der Waals surface area (Å²) in [5, 5.41) is 12.8. The molecule has 0 saturated heterocycles. The molecule has 2 aromatic rings. The Morgan fingerprint density at radius 3 is 2.50 bits per heavy atom. The van der Waals surface area contributed by atoms with Crippen LogP contribution >= 0.6 is 46.4 Å². The third-order valence-electron chi connectivity index (χ3n) is 2.87. The van der Waals surface area contributed by atoms with E-state index in [0.717, 1.165) is 12.3 Å². The summed E-state index contributed by atoms with van der Waals surface area (Å²) in [5.74, 6) is -1.74. The molecule has 0 saturated carbocycles. The lowest BCUT2D eigenvalue weighted by atomic mass is 10.3. The molecule has 1 aromatic carbocycles. The number of nitrogens with one attached hydrogen (secondary N) is 1. The molecule has 8 nitrogen and oxygen atoms in total. The van der Waals surface area contributed by atoms with Crippen LogP contribution in [0.5, 0.6) is 0 Å². The van der Waals surface area contributed by atoms with E-state index in [1.165, 1.54) is 12.1 Å². The Balaban J connectivity index is 2.01. The van der Waals surface area contributed by atoms with Crippen LogP contribution in [0.1, 0.15) is 10.5 Å². The average Bonchev–Trinajstić information content (AvgIpc) is 2.59. The van der Waals surface area contributed by atoms with Crippen LogP contribution in [-0.4, -0.2) is 28.4 Å². The first-order chi connectivity index (χ1) is 12.2. The van der Waals surface area contributed by atoms with Crippen LogP contribution in [0.15, 0.2) is 24.4 Å². The van der Waals surface area contributed by atoms with Gasteiger partial charge < -0.3 is 10.1 Å². The lowest BCUT2D eigenvalue weighted by Crippen LogP contribution is -2.21. The zero-order valence-electron chi connectivity index (χ0n) is 12.5. The number of ether oxygens (including phenoxy) is 1. The topological polar surface area (TPSA) is 111 Å². The van der Waals surface area contributed by atoms with Crippen molar-refractivity contribution in [1.29, 1.82) is 0 Å². The van der Waals surface area contributed by atoms with Crippen LogP contribution in [0, 0.1) is 10.1 Å². The van der Waals surface area contributed by atoms with Crippen molar-refractivity contribution in [3.05, 3.63) is 60.3 Å². The molecule has 26 heavy (non-hydrogen) atoms. The highest BCUT2D eigenvalue weighted by Crippen LogP contribution is 2.31. The first-order valence-electron chi connectivity index (χ1n) is 6.61. The van der Waals surface area contributed by atoms with E-state index in [4.69, 9.17) is 51.1 Å². The Kier molecular flexibility index (Phi) is 6.60. The molecule has 0 atom stereocenters. The van der Waals surface area contributed by atoms with Crippen LogP contribution in [-0.2, 0) is 9.53 Å². The van der Waals surface area contributed by atoms with Gasteiger partial charge in [0.25, 0.3) is 11.6 Å². The highest BCUT2D eigenvalue weighted by Gasteiger charge is 2.20. The summed E-state index contributed by atoms with van der Waals surface area (Å²) in [6.07, 6.45) is 1.11. The molecular formula is C14H7Cl4N3O5. The molecule has 1 aromatic heterocycles. The Hall–Kier alpha value is -2.13. The van der Waals surface area contributed by atoms with Gasteiger partial charge in [0.05, 0.1) is 20.0 Å². The molecule has 0 aliphatic carbocycles. The molecule has 2 rings (SSSR count). The monoisotopic (exact) mass is 437 g/mol. The Morgan fingerprint density at radius 2 is 1.85 bits per heavy atom. The molecular weight excluding hydrogens is 432 g/mol. The predicted octanol–water partition coefficient (Wildman–Crippen LogP) is 4.40. The highest BCUT2D eigenvalue weighted by atomic mass is 35.5. The summed E-state index contributed by atoms with van der Waals surface area (Å²) in [5.41, 5.74) is -0.586. The van der Waals surface area contributed by atoms with Crippen LogP contribution in [0.3, 0.4) is 0 Å². The third-order valence-corrected chi connectivity index (χ3v) is 4.43. The van der Waals surface area contributed by atoms with Crippen molar-refractivity contribution in [2.24, 2.45) is 0 Å². The average molecular weight is 439 g/mol. The molecule has 0 unspecified atom stereocenters. The first-order valence-corrected chi connectivity index (χ1v) is 8.12. The van der Waals surface area contributed by atoms with Crippen LogP contribution in [0.25, 0.3) is 0 Å². The molecule has 0 aliphatic heterocycles. The van der Waals surface area contributed by atoms with E-state index in [2.05, 4.69) is 10.3 Å². The van der Waals surface area contributed by atoms with Crippen LogP contribution in [0.2, 0.25) is 20.1 Å². The fourth-order valence-electron chi connectivity index (χ4n) is 1.71. The van der Waals surface area contributed by atoms with Crippen LogP contribution < -0.4 is 5.32 Å². The second kappa shape index (κ2) is 8.50. The van der Waals surface area contributed by atoms with E-state index in [-0.39, 0.29) is 37.2 Å². The number of halogens is 4. The number of carbonyl (C=O) groups is 2. The number of nitrogens with zero attached hydrogens (tertiary/aromatic N) is 2. The molecule has 0 aliphatic rings. The lowest BCUT2D eigenvalue weighted by molar-refractivity contribution is -0.384. The van der Waals surface area contributed by atoms with Gasteiger partial charge in [-0.3, -0.25) is 14.9 Å². The number of pyridine rings is 1. The van der Waals surface area contributed by atoms with Gasteiger partial charge in [-0.25, -0.2) is 9.78 Å². The van der Waals surface area contributed by atoms with Gasteiger partial charge in [0.1, 0.15) is 5.02 Å². The number of hydrogen-bond acceptors (Lipinski definition) is 6. The molecule has 0 radical (unpaired) electrons. The fraction of sp³-hybridized carbons (Fsp3) is 0.0714. The van der Waals surface area contributed by atoms with Gasteiger partial charge in [-0.05, 0) is 12.1 Å². The van der Waals surface area contributed by atoms with Crippen molar-refractivity contribution in [1.82, 2.24) is 4.98 Å². The molecule has 1 N–H and O–H groups in total. The highest BCUT2D eigenvalue weighted by molar-refractivity contribution is 6.48. The summed E-state index contributed by atoms with van der Waals surface area (Å²) in [6, 6.07) is 3.67. The van der Waals surface area contributed by atoms with Crippen molar-refractivity contribution in [3.63, 3.8) is 0 Å². The number of carbonyl (C=O) groups excluding carboxylic acids is 2. The summed E-state index contributed by atoms with van der Waals surface area (Å²) in [4.78, 5) is 37.6. The molecule has 12 heteroatoms. The van der Waals surface area contributed by atoms with Gasteiger partial charge in [0.2, 0.25) is 0 Å². The Morgan fingerprint density at radius 1 is 1.15 bits per heavy atom. The van der Waals surface area contributed by atoms with Crippen molar-refractivity contribution >= 4 is 69.7 Å². The molecule has 1 heterocycles. The number of amides is 1. The number of hydrogen-bond donors (Lipinski definition) is 1. The minimum Gasteiger partial charge on any atom is -0.451 e. The smallest absolute Gasteiger partial charge is 0.359 e. The second-order valence-electron chi connectivity index (χ2n) is 4.63. The number of rotatable bonds is 5. The maximum absolute atomic E-state index is 11.9. The van der Waals surface area contributed by atoms with Gasteiger partial charge in [-0.1, -0.05) is 46.4 Å². The predicted molar refractivity (Wildman–Crippen MR) is 96.3 cm³/mol. The minimum absolute atomic E-state index is 0.0512. The van der Waals surface area contributed by atoms with E-state index < -0.39 is 23.4 Å². The van der Waals surface area contributed by atoms with E-state index in [9.17, 15) is 19.7 Å². The summed E-state index contributed by atoms with van der Waals surface area (Å²) in [7, 11) is 0. The van der Waals surface area contributed by atoms with Gasteiger partial charge in [0.15, 0.2) is 12.3 Å². The summed E-state index contributed by atoms with van der Waals surface area (Å²) in [6.45, 7) is -0.687. The van der Waals surface area contributed by atoms with Gasteiger partial charge in [-0.2, -0.15) is 0 Å². The van der Waals surface area contributed by atoms with E-state index in [1.54, 1.807) is 0 Å². The van der Waals surface area contributed by atoms with Crippen LogP contribution in [0.4, 0.5) is 11.4 Å². The van der Waals surface area contributed by atoms with Gasteiger partial charge in [-0.15, -0.1) is 0 Å². The molecule has 136 valence electrons. The molecule has 1 amide bonds. The maximum Gasteiger partial charge on any atom is 0.359 e. The molecule has 0 spiro atoms. The minimum atomic E-state index is -0.995. The molecule has 0 bridgehead atoms. The van der Waals surface area contributed by atoms with Gasteiger partial charge in [0, 0.05) is 18.0 Å². The fourth-order valence-corrected chi connectivity index (χ4v) is 2.46.